The lowest BCUT2D eigenvalue weighted by molar-refractivity contribution is -0.384. The van der Waals surface area contributed by atoms with Crippen molar-refractivity contribution in [3.8, 4) is 11.3 Å². The summed E-state index contributed by atoms with van der Waals surface area (Å²) in [6, 6.07) is 9.53. The first kappa shape index (κ1) is 19.4. The lowest BCUT2D eigenvalue weighted by Gasteiger charge is -2.17. The van der Waals surface area contributed by atoms with Crippen molar-refractivity contribution in [2.75, 3.05) is 18.4 Å². The zero-order valence-electron chi connectivity index (χ0n) is 15.7. The molecule has 0 radical (unpaired) electrons. The monoisotopic (exact) mass is 408 g/mol. The SMILES string of the molecule is O=C(Nc1nc(-c2ccc(F)cc2)ccc1[N+](=O)[O-])N1CCC(c2ncccn2)C1. The molecule has 10 heteroatoms. The van der Waals surface area contributed by atoms with Crippen LogP contribution in [-0.4, -0.2) is 43.9 Å². The standard InChI is InChI=1S/C20H17FN6O3/c21-15-4-2-13(3-5-15)16-6-7-17(27(29)30)19(24-16)25-20(28)26-11-8-14(12-26)18-22-9-1-10-23-18/h1-7,9-10,14H,8,11-12H2,(H,24,25,28). The molecule has 1 fully saturated rings. The minimum Gasteiger partial charge on any atom is -0.324 e. The minimum absolute atomic E-state index is 0.00504. The quantitative estimate of drug-likeness (QED) is 0.521. The molecule has 30 heavy (non-hydrogen) atoms. The summed E-state index contributed by atoms with van der Waals surface area (Å²) in [5, 5.41) is 13.9. The van der Waals surface area contributed by atoms with Crippen LogP contribution in [0.4, 0.5) is 20.7 Å². The molecular formula is C20H17FN6O3. The van der Waals surface area contributed by atoms with Crippen LogP contribution < -0.4 is 5.32 Å². The predicted molar refractivity (Wildman–Crippen MR) is 106 cm³/mol. The van der Waals surface area contributed by atoms with E-state index < -0.39 is 16.8 Å². The fraction of sp³-hybridized carbons (Fsp3) is 0.200. The van der Waals surface area contributed by atoms with Gasteiger partial charge < -0.3 is 4.90 Å². The first-order valence-electron chi connectivity index (χ1n) is 9.25. The average Bonchev–Trinajstić information content (AvgIpc) is 3.25. The Kier molecular flexibility index (Phi) is 5.29. The summed E-state index contributed by atoms with van der Waals surface area (Å²) in [6.07, 6.45) is 4.00. The molecule has 1 aliphatic heterocycles. The highest BCUT2D eigenvalue weighted by atomic mass is 19.1. The molecule has 152 valence electrons. The van der Waals surface area contributed by atoms with Gasteiger partial charge in [0.05, 0.1) is 10.6 Å². The maximum absolute atomic E-state index is 13.2. The van der Waals surface area contributed by atoms with Crippen LogP contribution in [0.2, 0.25) is 0 Å². The molecule has 1 unspecified atom stereocenters. The van der Waals surface area contributed by atoms with Crippen LogP contribution >= 0.6 is 0 Å². The van der Waals surface area contributed by atoms with Gasteiger partial charge in [-0.1, -0.05) is 0 Å². The third-order valence-electron chi connectivity index (χ3n) is 4.86. The lowest BCUT2D eigenvalue weighted by atomic mass is 10.1. The van der Waals surface area contributed by atoms with E-state index in [1.54, 1.807) is 23.4 Å². The van der Waals surface area contributed by atoms with Gasteiger partial charge in [0.2, 0.25) is 5.82 Å². The molecule has 1 aromatic carbocycles. The van der Waals surface area contributed by atoms with Crippen LogP contribution in [0, 0.1) is 15.9 Å². The highest BCUT2D eigenvalue weighted by Gasteiger charge is 2.30. The Morgan fingerprint density at radius 2 is 1.90 bits per heavy atom. The van der Waals surface area contributed by atoms with Crippen molar-refractivity contribution in [1.82, 2.24) is 19.9 Å². The van der Waals surface area contributed by atoms with Crippen molar-refractivity contribution in [2.45, 2.75) is 12.3 Å². The van der Waals surface area contributed by atoms with Gasteiger partial charge in [0, 0.05) is 43.0 Å². The summed E-state index contributed by atoms with van der Waals surface area (Å²) < 4.78 is 13.2. The smallest absolute Gasteiger partial charge is 0.323 e. The van der Waals surface area contributed by atoms with Gasteiger partial charge >= 0.3 is 11.7 Å². The number of nitro groups is 1. The second-order valence-corrected chi connectivity index (χ2v) is 6.80. The topological polar surface area (TPSA) is 114 Å². The Morgan fingerprint density at radius 3 is 2.60 bits per heavy atom. The fourth-order valence-electron chi connectivity index (χ4n) is 3.33. The van der Waals surface area contributed by atoms with Gasteiger partial charge in [0.1, 0.15) is 11.6 Å². The maximum Gasteiger partial charge on any atom is 0.323 e. The number of nitrogens with one attached hydrogen (secondary N) is 1. The zero-order valence-corrected chi connectivity index (χ0v) is 15.7. The van der Waals surface area contributed by atoms with E-state index in [0.717, 1.165) is 0 Å². The molecule has 3 heterocycles. The van der Waals surface area contributed by atoms with Gasteiger partial charge in [-0.2, -0.15) is 0 Å². The number of nitrogens with zero attached hydrogens (tertiary/aromatic N) is 5. The van der Waals surface area contributed by atoms with Crippen molar-refractivity contribution in [2.24, 2.45) is 0 Å². The number of aromatic nitrogens is 3. The van der Waals surface area contributed by atoms with E-state index >= 15 is 0 Å². The minimum atomic E-state index is -0.609. The summed E-state index contributed by atoms with van der Waals surface area (Å²) in [5.74, 6) is 0.104. The molecule has 0 bridgehead atoms. The van der Waals surface area contributed by atoms with Crippen molar-refractivity contribution < 1.29 is 14.1 Å². The van der Waals surface area contributed by atoms with Crippen LogP contribution in [0.25, 0.3) is 11.3 Å². The van der Waals surface area contributed by atoms with Gasteiger partial charge in [-0.3, -0.25) is 15.4 Å². The molecule has 4 rings (SSSR count). The van der Waals surface area contributed by atoms with Gasteiger partial charge in [-0.25, -0.2) is 24.1 Å². The molecule has 1 aliphatic rings. The molecule has 2 amide bonds. The number of likely N-dealkylation sites (tertiary alicyclic amines) is 1. The van der Waals surface area contributed by atoms with Gasteiger partial charge in [0.15, 0.2) is 0 Å². The van der Waals surface area contributed by atoms with E-state index in [-0.39, 0.29) is 17.4 Å². The highest BCUT2D eigenvalue weighted by molar-refractivity contribution is 5.91. The highest BCUT2D eigenvalue weighted by Crippen LogP contribution is 2.29. The second-order valence-electron chi connectivity index (χ2n) is 6.80. The molecule has 1 N–H and O–H groups in total. The van der Waals surface area contributed by atoms with Crippen LogP contribution in [-0.2, 0) is 0 Å². The Hall–Kier alpha value is -3.95. The van der Waals surface area contributed by atoms with Crippen molar-refractivity contribution in [1.29, 1.82) is 0 Å². The normalized spacial score (nSPS) is 15.8. The van der Waals surface area contributed by atoms with Gasteiger partial charge in [0.25, 0.3) is 0 Å². The molecule has 2 aromatic heterocycles. The Bertz CT molecular complexity index is 1080. The molecule has 0 saturated carbocycles. The van der Waals surface area contributed by atoms with Crippen LogP contribution in [0.1, 0.15) is 18.2 Å². The summed E-state index contributed by atoms with van der Waals surface area (Å²) >= 11 is 0. The van der Waals surface area contributed by atoms with Crippen molar-refractivity contribution in [3.63, 3.8) is 0 Å². The Labute approximate surface area is 170 Å². The first-order chi connectivity index (χ1) is 14.5. The van der Waals surface area contributed by atoms with Gasteiger partial charge in [-0.15, -0.1) is 0 Å². The van der Waals surface area contributed by atoms with Crippen LogP contribution in [0.5, 0.6) is 0 Å². The number of amides is 2. The molecule has 1 saturated heterocycles. The number of hydrogen-bond acceptors (Lipinski definition) is 6. The maximum atomic E-state index is 13.2. The number of benzene rings is 1. The molecule has 9 nitrogen and oxygen atoms in total. The molecular weight excluding hydrogens is 391 g/mol. The third kappa shape index (κ3) is 4.07. The zero-order chi connectivity index (χ0) is 21.1. The summed E-state index contributed by atoms with van der Waals surface area (Å²) in [4.78, 5) is 37.7. The van der Waals surface area contributed by atoms with Crippen LogP contribution in [0.15, 0.2) is 54.9 Å². The molecule has 0 spiro atoms. The predicted octanol–water partition coefficient (Wildman–Crippen LogP) is 3.61. The number of urea groups is 1. The van der Waals surface area contributed by atoms with Crippen molar-refractivity contribution in [3.05, 3.63) is 76.6 Å². The Balaban J connectivity index is 1.54. The first-order valence-corrected chi connectivity index (χ1v) is 9.25. The number of rotatable bonds is 4. The number of hydrogen-bond donors (Lipinski definition) is 1. The molecule has 0 aliphatic carbocycles. The van der Waals surface area contributed by atoms with E-state index in [0.29, 0.717) is 36.6 Å². The van der Waals surface area contributed by atoms with Crippen LogP contribution in [0.3, 0.4) is 0 Å². The average molecular weight is 408 g/mol. The third-order valence-corrected chi connectivity index (χ3v) is 4.86. The van der Waals surface area contributed by atoms with E-state index in [1.807, 2.05) is 0 Å². The number of halogens is 1. The van der Waals surface area contributed by atoms with E-state index in [2.05, 4.69) is 20.3 Å². The largest absolute Gasteiger partial charge is 0.324 e. The van der Waals surface area contributed by atoms with Gasteiger partial charge in [-0.05, 0) is 42.8 Å². The summed E-state index contributed by atoms with van der Waals surface area (Å²) in [6.45, 7) is 0.876. The fourth-order valence-corrected chi connectivity index (χ4v) is 3.33. The lowest BCUT2D eigenvalue weighted by Crippen LogP contribution is -2.33. The number of pyridine rings is 1. The Morgan fingerprint density at radius 1 is 1.17 bits per heavy atom. The second kappa shape index (κ2) is 8.19. The van der Waals surface area contributed by atoms with E-state index in [9.17, 15) is 19.3 Å². The molecule has 1 atom stereocenters. The van der Waals surface area contributed by atoms with Crippen molar-refractivity contribution >= 4 is 17.5 Å². The van der Waals surface area contributed by atoms with E-state index in [4.69, 9.17) is 0 Å². The number of carbonyl (C=O) groups is 1. The summed E-state index contributed by atoms with van der Waals surface area (Å²) in [5.41, 5.74) is 0.633. The summed E-state index contributed by atoms with van der Waals surface area (Å²) in [7, 11) is 0. The molecule has 3 aromatic rings. The van der Waals surface area contributed by atoms with E-state index in [1.165, 1.54) is 36.4 Å². The number of carbonyl (C=O) groups excluding carboxylic acids is 1. The number of anilines is 1.